The fraction of sp³-hybridized carbons (Fsp3) is 0.208. The minimum Gasteiger partial charge on any atom is -0.489 e. The van der Waals surface area contributed by atoms with Gasteiger partial charge in [0.05, 0.1) is 24.7 Å². The summed E-state index contributed by atoms with van der Waals surface area (Å²) >= 11 is 0. The first-order chi connectivity index (χ1) is 28.7. The normalized spacial score (nSPS) is 11.0. The molecule has 0 N–H and O–H groups in total. The summed E-state index contributed by atoms with van der Waals surface area (Å²) in [5.41, 5.74) is 3.76. The van der Waals surface area contributed by atoms with E-state index in [4.69, 9.17) is 28.4 Å². The molecule has 0 aliphatic carbocycles. The number of esters is 2. The third kappa shape index (κ3) is 12.2. The zero-order valence-electron chi connectivity index (χ0n) is 33.0. The summed E-state index contributed by atoms with van der Waals surface area (Å²) in [5.74, 6) is -1.94. The van der Waals surface area contributed by atoms with Gasteiger partial charge in [0.1, 0.15) is 60.6 Å². The molecule has 0 saturated heterocycles. The summed E-state index contributed by atoms with van der Waals surface area (Å²) in [6.45, 7) is 3.94. The number of carbonyl (C=O) groups excluding carboxylic acids is 2. The first-order valence-corrected chi connectivity index (χ1v) is 21.1. The molecule has 0 amide bonds. The van der Waals surface area contributed by atoms with Crippen LogP contribution in [0.5, 0.6) is 23.0 Å². The van der Waals surface area contributed by atoms with Gasteiger partial charge in [-0.2, -0.15) is 0 Å². The van der Waals surface area contributed by atoms with Crippen molar-refractivity contribution >= 4 is 21.8 Å². The fourth-order valence-electron chi connectivity index (χ4n) is 6.23. The molecule has 0 radical (unpaired) electrons. The lowest BCUT2D eigenvalue weighted by molar-refractivity contribution is 0.0510. The van der Waals surface area contributed by atoms with E-state index < -0.39 is 33.3 Å². The second-order valence-corrected chi connectivity index (χ2v) is 15.6. The van der Waals surface area contributed by atoms with Crippen molar-refractivity contribution in [2.45, 2.75) is 51.8 Å². The van der Waals surface area contributed by atoms with Crippen molar-refractivity contribution < 1.29 is 46.4 Å². The minimum absolute atomic E-state index is 0.0198. The van der Waals surface area contributed by atoms with Crippen LogP contribution in [0.15, 0.2) is 146 Å². The molecule has 0 unspecified atom stereocenters. The van der Waals surface area contributed by atoms with Crippen LogP contribution in [-0.2, 0) is 57.2 Å². The Bertz CT molecular complexity index is 2240. The van der Waals surface area contributed by atoms with E-state index in [0.29, 0.717) is 0 Å². The molecule has 0 saturated carbocycles. The zero-order chi connectivity index (χ0) is 41.5. The Morgan fingerprint density at radius 3 is 1.05 bits per heavy atom. The second kappa shape index (κ2) is 20.7. The molecule has 0 atom stereocenters. The van der Waals surface area contributed by atoms with E-state index in [-0.39, 0.29) is 84.9 Å². The molecule has 0 aliphatic heterocycles. The third-order valence-electron chi connectivity index (χ3n) is 8.97. The maximum Gasteiger partial charge on any atom is 0.342 e. The SMILES string of the molecule is CCOC(=O)c1cc(OCc2ccccc2)cc(CS(=O)(=O)Cc2cc(OCc3ccccc3)cc(C(=O)OCC)c2OCc2ccccc2)c1OCc1ccccc1. The predicted octanol–water partition coefficient (Wildman–Crippen LogP) is 9.47. The molecule has 11 heteroatoms. The molecule has 0 spiro atoms. The van der Waals surface area contributed by atoms with Crippen LogP contribution in [0.4, 0.5) is 0 Å². The van der Waals surface area contributed by atoms with Gasteiger partial charge in [0.2, 0.25) is 0 Å². The van der Waals surface area contributed by atoms with Crippen LogP contribution in [0, 0.1) is 0 Å². The second-order valence-electron chi connectivity index (χ2n) is 13.5. The van der Waals surface area contributed by atoms with Gasteiger partial charge in [-0.3, -0.25) is 0 Å². The zero-order valence-corrected chi connectivity index (χ0v) is 33.8. The summed E-state index contributed by atoms with van der Waals surface area (Å²) in [4.78, 5) is 27.0. The maximum atomic E-state index is 14.6. The summed E-state index contributed by atoms with van der Waals surface area (Å²) in [5, 5.41) is 0. The van der Waals surface area contributed by atoms with E-state index in [2.05, 4.69) is 0 Å². The topological polar surface area (TPSA) is 124 Å². The standard InChI is InChI=1S/C48H46O10S/c1-3-53-47(49)43-27-41(55-29-35-17-9-5-10-18-35)25-39(45(43)57-31-37-21-13-7-14-22-37)33-59(51,52)34-40-26-42(56-30-36-19-11-6-12-20-36)28-44(48(50)54-4-2)46(40)58-32-38-23-15-8-16-24-38/h5-28H,3-4,29-34H2,1-2H3. The van der Waals surface area contributed by atoms with E-state index in [1.54, 1.807) is 26.0 Å². The number of benzene rings is 6. The van der Waals surface area contributed by atoms with Gasteiger partial charge in [0.15, 0.2) is 9.84 Å². The smallest absolute Gasteiger partial charge is 0.342 e. The van der Waals surface area contributed by atoms with Crippen LogP contribution in [0.1, 0.15) is 67.9 Å². The van der Waals surface area contributed by atoms with Crippen LogP contribution in [-0.4, -0.2) is 33.6 Å². The van der Waals surface area contributed by atoms with Crippen molar-refractivity contribution in [3.05, 3.63) is 190 Å². The molecule has 10 nitrogen and oxygen atoms in total. The van der Waals surface area contributed by atoms with Gasteiger partial charge >= 0.3 is 11.9 Å². The highest BCUT2D eigenvalue weighted by molar-refractivity contribution is 7.89. The monoisotopic (exact) mass is 814 g/mol. The lowest BCUT2D eigenvalue weighted by atomic mass is 10.1. The predicted molar refractivity (Wildman–Crippen MR) is 224 cm³/mol. The van der Waals surface area contributed by atoms with E-state index in [1.165, 1.54) is 12.1 Å². The number of hydrogen-bond acceptors (Lipinski definition) is 10. The Kier molecular flexibility index (Phi) is 14.8. The highest BCUT2D eigenvalue weighted by Crippen LogP contribution is 2.37. The van der Waals surface area contributed by atoms with Gasteiger partial charge in [-0.25, -0.2) is 18.0 Å². The van der Waals surface area contributed by atoms with Gasteiger partial charge < -0.3 is 28.4 Å². The Hall–Kier alpha value is -6.59. The largest absolute Gasteiger partial charge is 0.489 e. The quantitative estimate of drug-likeness (QED) is 0.0689. The Morgan fingerprint density at radius 1 is 0.441 bits per heavy atom. The van der Waals surface area contributed by atoms with E-state index in [9.17, 15) is 18.0 Å². The van der Waals surface area contributed by atoms with E-state index >= 15 is 0 Å². The third-order valence-corrected chi connectivity index (χ3v) is 10.5. The van der Waals surface area contributed by atoms with Gasteiger partial charge in [0, 0.05) is 11.1 Å². The number of rotatable bonds is 20. The van der Waals surface area contributed by atoms with Crippen LogP contribution in [0.25, 0.3) is 0 Å². The number of carbonyl (C=O) groups is 2. The average molecular weight is 815 g/mol. The van der Waals surface area contributed by atoms with Gasteiger partial charge in [-0.05, 0) is 60.4 Å². The molecular weight excluding hydrogens is 769 g/mol. The fourth-order valence-corrected chi connectivity index (χ4v) is 7.71. The molecule has 0 bridgehead atoms. The molecule has 304 valence electrons. The summed E-state index contributed by atoms with van der Waals surface area (Å²) in [6.07, 6.45) is 0. The number of ether oxygens (including phenoxy) is 6. The van der Waals surface area contributed by atoms with Crippen molar-refractivity contribution in [3.8, 4) is 23.0 Å². The van der Waals surface area contributed by atoms with Crippen LogP contribution >= 0.6 is 0 Å². The molecular formula is C48H46O10S. The van der Waals surface area contributed by atoms with Gasteiger partial charge in [-0.15, -0.1) is 0 Å². The number of sulfone groups is 1. The van der Waals surface area contributed by atoms with E-state index in [1.807, 2.05) is 121 Å². The van der Waals surface area contributed by atoms with Crippen molar-refractivity contribution in [2.24, 2.45) is 0 Å². The Balaban J connectivity index is 1.41. The van der Waals surface area contributed by atoms with Gasteiger partial charge in [-0.1, -0.05) is 121 Å². The lowest BCUT2D eigenvalue weighted by Gasteiger charge is -2.20. The molecule has 0 fully saturated rings. The molecule has 59 heavy (non-hydrogen) atoms. The average Bonchev–Trinajstić information content (AvgIpc) is 3.25. The van der Waals surface area contributed by atoms with Crippen molar-refractivity contribution in [1.29, 1.82) is 0 Å². The van der Waals surface area contributed by atoms with Crippen molar-refractivity contribution in [1.82, 2.24) is 0 Å². The summed E-state index contributed by atoms with van der Waals surface area (Å²) in [7, 11) is -4.15. The molecule has 6 aromatic rings. The Labute approximate surface area is 345 Å². The number of hydrogen-bond donors (Lipinski definition) is 0. The van der Waals surface area contributed by atoms with Crippen LogP contribution < -0.4 is 18.9 Å². The molecule has 6 rings (SSSR count). The first kappa shape index (κ1) is 42.0. The highest BCUT2D eigenvalue weighted by Gasteiger charge is 2.28. The first-order valence-electron chi connectivity index (χ1n) is 19.3. The highest BCUT2D eigenvalue weighted by atomic mass is 32.2. The summed E-state index contributed by atoms with van der Waals surface area (Å²) < 4.78 is 64.9. The minimum atomic E-state index is -4.15. The van der Waals surface area contributed by atoms with Crippen LogP contribution in [0.2, 0.25) is 0 Å². The molecule has 6 aromatic carbocycles. The van der Waals surface area contributed by atoms with Gasteiger partial charge in [0.25, 0.3) is 0 Å². The van der Waals surface area contributed by atoms with Crippen LogP contribution in [0.3, 0.4) is 0 Å². The van der Waals surface area contributed by atoms with Crippen molar-refractivity contribution in [3.63, 3.8) is 0 Å². The molecule has 0 aromatic heterocycles. The molecule has 0 aliphatic rings. The van der Waals surface area contributed by atoms with Crippen molar-refractivity contribution in [2.75, 3.05) is 13.2 Å². The molecule has 0 heterocycles. The summed E-state index contributed by atoms with van der Waals surface area (Å²) in [6, 6.07) is 43.7. The Morgan fingerprint density at radius 2 is 0.746 bits per heavy atom. The van der Waals surface area contributed by atoms with E-state index in [0.717, 1.165) is 22.3 Å². The maximum absolute atomic E-state index is 14.6. The lowest BCUT2D eigenvalue weighted by Crippen LogP contribution is -2.16.